The number of amides is 1. The summed E-state index contributed by atoms with van der Waals surface area (Å²) in [7, 11) is 0. The molecule has 7 nitrogen and oxygen atoms in total. The Hall–Kier alpha value is -4.00. The molecule has 2 aromatic carbocycles. The number of carbonyl (C=O) groups is 1. The molecule has 0 fully saturated rings. The first-order chi connectivity index (χ1) is 17.9. The van der Waals surface area contributed by atoms with Crippen molar-refractivity contribution in [1.29, 1.82) is 0 Å². The van der Waals surface area contributed by atoms with Gasteiger partial charge in [-0.3, -0.25) is 4.79 Å². The summed E-state index contributed by atoms with van der Waals surface area (Å²) in [6.07, 6.45) is -7.72. The molecule has 4 aromatic rings. The predicted molar refractivity (Wildman–Crippen MR) is 127 cm³/mol. The lowest BCUT2D eigenvalue weighted by atomic mass is 10.2. The van der Waals surface area contributed by atoms with Crippen LogP contribution >= 0.6 is 11.6 Å². The van der Waals surface area contributed by atoms with E-state index < -0.39 is 30.2 Å². The first-order valence-corrected chi connectivity index (χ1v) is 11.3. The normalized spacial score (nSPS) is 12.0. The fraction of sp³-hybridized carbons (Fsp3) is 0.208. The van der Waals surface area contributed by atoms with Gasteiger partial charge in [0, 0.05) is 25.0 Å². The molecule has 4 rings (SSSR count). The highest BCUT2D eigenvalue weighted by molar-refractivity contribution is 6.32. The van der Waals surface area contributed by atoms with Crippen LogP contribution in [0.15, 0.2) is 61.1 Å². The van der Waals surface area contributed by atoms with Gasteiger partial charge in [0.1, 0.15) is 29.8 Å². The molecule has 38 heavy (non-hydrogen) atoms. The molecule has 1 amide bonds. The molecule has 0 atom stereocenters. The van der Waals surface area contributed by atoms with E-state index >= 15 is 0 Å². The second kappa shape index (κ2) is 10.8. The molecule has 0 aliphatic heterocycles. The molecule has 2 heterocycles. The van der Waals surface area contributed by atoms with Crippen molar-refractivity contribution < 1.29 is 35.9 Å². The Kier molecular flexibility index (Phi) is 7.67. The van der Waals surface area contributed by atoms with Gasteiger partial charge in [0.25, 0.3) is 0 Å². The number of aromatic nitrogens is 3. The Bertz CT molecular complexity index is 1450. The quantitative estimate of drug-likeness (QED) is 0.235. The maximum Gasteiger partial charge on any atom is 0.416 e. The zero-order valence-corrected chi connectivity index (χ0v) is 20.0. The van der Waals surface area contributed by atoms with Gasteiger partial charge < -0.3 is 19.9 Å². The lowest BCUT2D eigenvalue weighted by Crippen LogP contribution is -2.31. The molecule has 0 spiro atoms. The van der Waals surface area contributed by atoms with Gasteiger partial charge in [-0.05, 0) is 42.5 Å². The van der Waals surface area contributed by atoms with Crippen molar-refractivity contribution in [3.05, 3.63) is 71.6 Å². The highest BCUT2D eigenvalue weighted by Gasteiger charge is 2.31. The van der Waals surface area contributed by atoms with E-state index in [0.717, 1.165) is 12.1 Å². The van der Waals surface area contributed by atoms with Gasteiger partial charge in [0.05, 0.1) is 16.1 Å². The molecule has 0 unspecified atom stereocenters. The van der Waals surface area contributed by atoms with Crippen LogP contribution in [0.2, 0.25) is 5.02 Å². The first-order valence-electron chi connectivity index (χ1n) is 10.9. The minimum absolute atomic E-state index is 0.0416. The summed E-state index contributed by atoms with van der Waals surface area (Å²) in [6, 6.07) is 10.6. The number of ether oxygens (including phenoxy) is 1. The number of hydrogen-bond donors (Lipinski definition) is 2. The highest BCUT2D eigenvalue weighted by Crippen LogP contribution is 2.36. The number of nitrogens with zero attached hydrogens (tertiary/aromatic N) is 3. The van der Waals surface area contributed by atoms with Gasteiger partial charge >= 0.3 is 12.4 Å². The minimum atomic E-state index is -4.59. The van der Waals surface area contributed by atoms with Crippen molar-refractivity contribution in [2.24, 2.45) is 0 Å². The van der Waals surface area contributed by atoms with Gasteiger partial charge in [-0.25, -0.2) is 9.97 Å². The second-order valence-electron chi connectivity index (χ2n) is 8.01. The van der Waals surface area contributed by atoms with Crippen LogP contribution in [-0.4, -0.2) is 33.2 Å². The van der Waals surface area contributed by atoms with E-state index in [1.807, 2.05) is 0 Å². The molecule has 2 aromatic heterocycles. The SMILES string of the molecule is O=C(CC(F)(F)F)NCCn1ccc2ncnc(Nc3ccc(Oc4cccc(C(F)(F)F)c4)c(Cl)c3)c21. The fourth-order valence-electron chi connectivity index (χ4n) is 3.53. The Morgan fingerprint density at radius 3 is 2.53 bits per heavy atom. The molecule has 0 aliphatic rings. The van der Waals surface area contributed by atoms with Crippen molar-refractivity contribution in [2.45, 2.75) is 25.3 Å². The Labute approximate surface area is 216 Å². The topological polar surface area (TPSA) is 81.1 Å². The standard InChI is InChI=1S/C24H18ClF6N5O2/c25-17-11-15(4-5-19(17)38-16-3-1-2-14(10-16)24(29,30)31)35-22-21-18(33-13-34-22)6-8-36(21)9-7-32-20(37)12-23(26,27)28/h1-6,8,10-11,13H,7,9,12H2,(H,32,37)(H,33,34,35). The van der Waals surface area contributed by atoms with Crippen molar-refractivity contribution in [1.82, 2.24) is 19.9 Å². The van der Waals surface area contributed by atoms with Crippen LogP contribution < -0.4 is 15.4 Å². The Morgan fingerprint density at radius 1 is 1.03 bits per heavy atom. The van der Waals surface area contributed by atoms with Gasteiger partial charge in [-0.15, -0.1) is 0 Å². The molecule has 0 radical (unpaired) electrons. The van der Waals surface area contributed by atoms with E-state index in [1.54, 1.807) is 22.9 Å². The highest BCUT2D eigenvalue weighted by atomic mass is 35.5. The molecular weight excluding hydrogens is 540 g/mol. The van der Waals surface area contributed by atoms with Crippen LogP contribution in [0.4, 0.5) is 37.8 Å². The van der Waals surface area contributed by atoms with E-state index in [1.165, 1.54) is 30.6 Å². The number of halogens is 7. The fourth-order valence-corrected chi connectivity index (χ4v) is 3.75. The smallest absolute Gasteiger partial charge is 0.416 e. The van der Waals surface area contributed by atoms with E-state index in [2.05, 4.69) is 20.6 Å². The van der Waals surface area contributed by atoms with E-state index in [9.17, 15) is 31.1 Å². The number of hydrogen-bond acceptors (Lipinski definition) is 5. The molecule has 14 heteroatoms. The first kappa shape index (κ1) is 27.0. The van der Waals surface area contributed by atoms with Gasteiger partial charge in [-0.2, -0.15) is 26.3 Å². The minimum Gasteiger partial charge on any atom is -0.456 e. The summed E-state index contributed by atoms with van der Waals surface area (Å²) >= 11 is 6.30. The number of benzene rings is 2. The van der Waals surface area contributed by atoms with Gasteiger partial charge in [0.2, 0.25) is 5.91 Å². The third-order valence-electron chi connectivity index (χ3n) is 5.17. The molecule has 0 saturated heterocycles. The second-order valence-corrected chi connectivity index (χ2v) is 8.41. The Balaban J connectivity index is 1.48. The van der Waals surface area contributed by atoms with Crippen molar-refractivity contribution in [3.63, 3.8) is 0 Å². The van der Waals surface area contributed by atoms with E-state index in [4.69, 9.17) is 16.3 Å². The maximum absolute atomic E-state index is 13.0. The van der Waals surface area contributed by atoms with E-state index in [0.29, 0.717) is 22.5 Å². The Morgan fingerprint density at radius 2 is 1.82 bits per heavy atom. The number of fused-ring (bicyclic) bond motifs is 1. The summed E-state index contributed by atoms with van der Waals surface area (Å²) in [6.45, 7) is 0.0973. The monoisotopic (exact) mass is 557 g/mol. The predicted octanol–water partition coefficient (Wildman–Crippen LogP) is 6.71. The van der Waals surface area contributed by atoms with Crippen LogP contribution in [0.5, 0.6) is 11.5 Å². The molecule has 0 aliphatic carbocycles. The molecule has 0 saturated carbocycles. The number of nitrogens with one attached hydrogen (secondary N) is 2. The van der Waals surface area contributed by atoms with Crippen LogP contribution in [0, 0.1) is 0 Å². The van der Waals surface area contributed by atoms with Crippen LogP contribution in [0.1, 0.15) is 12.0 Å². The average molecular weight is 558 g/mol. The van der Waals surface area contributed by atoms with Crippen LogP contribution in [0.3, 0.4) is 0 Å². The lowest BCUT2D eigenvalue weighted by molar-refractivity contribution is -0.153. The van der Waals surface area contributed by atoms with Gasteiger partial charge in [-0.1, -0.05) is 17.7 Å². The number of rotatable bonds is 8. The van der Waals surface area contributed by atoms with Crippen molar-refractivity contribution >= 4 is 40.0 Å². The van der Waals surface area contributed by atoms with Crippen molar-refractivity contribution in [3.8, 4) is 11.5 Å². The van der Waals surface area contributed by atoms with Crippen LogP contribution in [-0.2, 0) is 17.5 Å². The molecule has 2 N–H and O–H groups in total. The maximum atomic E-state index is 13.0. The lowest BCUT2D eigenvalue weighted by Gasteiger charge is -2.14. The number of carbonyl (C=O) groups excluding carboxylic acids is 1. The van der Waals surface area contributed by atoms with E-state index in [-0.39, 0.29) is 29.6 Å². The third kappa shape index (κ3) is 6.85. The average Bonchev–Trinajstić information content (AvgIpc) is 3.23. The summed E-state index contributed by atoms with van der Waals surface area (Å²) in [4.78, 5) is 19.8. The third-order valence-corrected chi connectivity index (χ3v) is 5.47. The summed E-state index contributed by atoms with van der Waals surface area (Å²) < 4.78 is 83.1. The number of anilines is 2. The zero-order chi connectivity index (χ0) is 27.5. The van der Waals surface area contributed by atoms with Gasteiger partial charge in [0.15, 0.2) is 5.82 Å². The van der Waals surface area contributed by atoms with Crippen LogP contribution in [0.25, 0.3) is 11.0 Å². The summed E-state index contributed by atoms with van der Waals surface area (Å²) in [5.74, 6) is -0.697. The van der Waals surface area contributed by atoms with Crippen molar-refractivity contribution in [2.75, 3.05) is 11.9 Å². The summed E-state index contributed by atoms with van der Waals surface area (Å²) in [5.41, 5.74) is 0.676. The summed E-state index contributed by atoms with van der Waals surface area (Å²) in [5, 5.41) is 5.40. The number of alkyl halides is 6. The molecular formula is C24H18ClF6N5O2. The zero-order valence-electron chi connectivity index (χ0n) is 19.2. The largest absolute Gasteiger partial charge is 0.456 e. The molecule has 200 valence electrons. The molecule has 0 bridgehead atoms.